The number of phenols is 1. The average Bonchev–Trinajstić information content (AvgIpc) is 2.75. The summed E-state index contributed by atoms with van der Waals surface area (Å²) in [6.45, 7) is 2.16. The molecule has 0 saturated heterocycles. The maximum atomic E-state index is 10.5. The molecule has 0 aromatic heterocycles. The molecule has 1 aliphatic rings. The average molecular weight is 514 g/mol. The van der Waals surface area contributed by atoms with E-state index in [1.165, 1.54) is 5.56 Å². The summed E-state index contributed by atoms with van der Waals surface area (Å²) in [4.78, 5) is 5.03. The Morgan fingerprint density at radius 1 is 0.966 bits per heavy atom. The molecular weight excluding hydrogens is 492 g/mol. The van der Waals surface area contributed by atoms with Gasteiger partial charge in [0.1, 0.15) is 11.9 Å². The molecule has 1 aliphatic heterocycles. The minimum absolute atomic E-state index is 0.0421. The number of rotatable bonds is 4. The maximum absolute atomic E-state index is 10.5. The minimum atomic E-state index is -0.180. The molecule has 0 aliphatic carbocycles. The highest BCUT2D eigenvalue weighted by molar-refractivity contribution is 9.10. The first kappa shape index (κ1) is 20.3. The molecule has 2 N–H and O–H groups in total. The van der Waals surface area contributed by atoms with E-state index in [0.29, 0.717) is 12.2 Å². The first-order chi connectivity index (χ1) is 14.0. The predicted molar refractivity (Wildman–Crippen MR) is 126 cm³/mol. The number of phenolic OH excluding ortho intramolecular Hbond substituents is 1. The van der Waals surface area contributed by atoms with E-state index in [9.17, 15) is 5.11 Å². The van der Waals surface area contributed by atoms with E-state index in [1.807, 2.05) is 24.3 Å². The Morgan fingerprint density at radius 3 is 2.34 bits per heavy atom. The van der Waals surface area contributed by atoms with Crippen LogP contribution in [-0.4, -0.2) is 10.8 Å². The maximum Gasteiger partial charge on any atom is 0.126 e. The first-order valence-electron chi connectivity index (χ1n) is 9.69. The van der Waals surface area contributed by atoms with Crippen molar-refractivity contribution < 1.29 is 5.11 Å². The van der Waals surface area contributed by atoms with Crippen LogP contribution in [-0.2, 0) is 6.42 Å². The fourth-order valence-electron chi connectivity index (χ4n) is 3.63. The molecule has 3 nitrogen and oxygen atoms in total. The molecule has 0 unspecified atom stereocenters. The van der Waals surface area contributed by atoms with Crippen LogP contribution in [0.15, 0.2) is 80.7 Å². The van der Waals surface area contributed by atoms with Gasteiger partial charge in [-0.05, 0) is 53.4 Å². The Hall–Kier alpha value is -1.95. The number of hydrogen-bond donors (Lipinski definition) is 2. The number of nitrogens with one attached hydrogen (secondary N) is 1. The molecular formula is C24H22Br2N2O. The van der Waals surface area contributed by atoms with Gasteiger partial charge in [0, 0.05) is 32.7 Å². The molecule has 0 fully saturated rings. The van der Waals surface area contributed by atoms with E-state index in [2.05, 4.69) is 80.5 Å². The Bertz CT molecular complexity index is 1030. The van der Waals surface area contributed by atoms with E-state index in [4.69, 9.17) is 4.99 Å². The van der Waals surface area contributed by atoms with Crippen LogP contribution in [0.2, 0.25) is 0 Å². The summed E-state index contributed by atoms with van der Waals surface area (Å²) in [5.74, 6) is 0.294. The van der Waals surface area contributed by atoms with Gasteiger partial charge in [-0.3, -0.25) is 10.3 Å². The summed E-state index contributed by atoms with van der Waals surface area (Å²) in [6, 6.07) is 22.4. The van der Waals surface area contributed by atoms with Crippen LogP contribution in [0.4, 0.5) is 0 Å². The number of aromatic hydroxyl groups is 1. The lowest BCUT2D eigenvalue weighted by molar-refractivity contribution is 0.412. The molecule has 148 valence electrons. The zero-order valence-electron chi connectivity index (χ0n) is 16.1. The Morgan fingerprint density at radius 2 is 1.66 bits per heavy atom. The molecule has 0 bridgehead atoms. The van der Waals surface area contributed by atoms with Crippen LogP contribution in [0.5, 0.6) is 5.75 Å². The highest BCUT2D eigenvalue weighted by Gasteiger charge is 2.27. The van der Waals surface area contributed by atoms with E-state index < -0.39 is 0 Å². The second-order valence-electron chi connectivity index (χ2n) is 7.21. The molecule has 1 heterocycles. The van der Waals surface area contributed by atoms with Crippen molar-refractivity contribution in [2.24, 2.45) is 4.99 Å². The molecule has 0 spiro atoms. The van der Waals surface area contributed by atoms with Gasteiger partial charge < -0.3 is 5.11 Å². The molecule has 0 radical (unpaired) electrons. The highest BCUT2D eigenvalue weighted by Crippen LogP contribution is 2.36. The third kappa shape index (κ3) is 4.63. The quantitative estimate of drug-likeness (QED) is 0.407. The van der Waals surface area contributed by atoms with Crippen molar-refractivity contribution in [3.63, 3.8) is 0 Å². The van der Waals surface area contributed by atoms with Crippen molar-refractivity contribution in [3.8, 4) is 5.75 Å². The smallest absolute Gasteiger partial charge is 0.126 e. The number of halogens is 2. The lowest BCUT2D eigenvalue weighted by Crippen LogP contribution is -2.33. The van der Waals surface area contributed by atoms with Gasteiger partial charge >= 0.3 is 0 Å². The Labute approximate surface area is 188 Å². The molecule has 5 heteroatoms. The van der Waals surface area contributed by atoms with Crippen molar-refractivity contribution in [2.45, 2.75) is 32.0 Å². The molecule has 2 atom stereocenters. The Kier molecular flexibility index (Phi) is 6.18. The van der Waals surface area contributed by atoms with Gasteiger partial charge in [0.15, 0.2) is 0 Å². The fourth-order valence-corrected chi connectivity index (χ4v) is 4.28. The van der Waals surface area contributed by atoms with Crippen molar-refractivity contribution in [3.05, 3.63) is 97.9 Å². The van der Waals surface area contributed by atoms with E-state index >= 15 is 0 Å². The second-order valence-corrected chi connectivity index (χ2v) is 9.04. The number of aryl methyl sites for hydroxylation is 1. The van der Waals surface area contributed by atoms with Crippen LogP contribution < -0.4 is 5.32 Å². The first-order valence-corrected chi connectivity index (χ1v) is 11.3. The normalized spacial score (nSPS) is 19.1. The number of hydrogen-bond acceptors (Lipinski definition) is 3. The van der Waals surface area contributed by atoms with Crippen LogP contribution in [0.1, 0.15) is 47.8 Å². The fraction of sp³-hybridized carbons (Fsp3) is 0.208. The van der Waals surface area contributed by atoms with E-state index in [0.717, 1.165) is 37.8 Å². The van der Waals surface area contributed by atoms with E-state index in [-0.39, 0.29) is 12.2 Å². The predicted octanol–water partition coefficient (Wildman–Crippen LogP) is 6.70. The van der Waals surface area contributed by atoms with Gasteiger partial charge in [-0.15, -0.1) is 0 Å². The number of benzene rings is 3. The molecule has 29 heavy (non-hydrogen) atoms. The lowest BCUT2D eigenvalue weighted by Gasteiger charge is -2.31. The summed E-state index contributed by atoms with van der Waals surface area (Å²) in [7, 11) is 0. The van der Waals surface area contributed by atoms with Gasteiger partial charge in [0.25, 0.3) is 0 Å². The summed E-state index contributed by atoms with van der Waals surface area (Å²) in [6.07, 6.45) is 1.55. The monoisotopic (exact) mass is 512 g/mol. The Balaban J connectivity index is 1.75. The van der Waals surface area contributed by atoms with Crippen LogP contribution in [0, 0.1) is 0 Å². The van der Waals surface area contributed by atoms with Gasteiger partial charge in [-0.25, -0.2) is 0 Å². The summed E-state index contributed by atoms with van der Waals surface area (Å²) >= 11 is 7.04. The summed E-state index contributed by atoms with van der Waals surface area (Å²) < 4.78 is 1.99. The van der Waals surface area contributed by atoms with Gasteiger partial charge in [0.2, 0.25) is 0 Å². The topological polar surface area (TPSA) is 44.6 Å². The molecule has 3 aromatic rings. The van der Waals surface area contributed by atoms with E-state index in [1.54, 1.807) is 6.07 Å². The van der Waals surface area contributed by atoms with Crippen molar-refractivity contribution in [1.29, 1.82) is 0 Å². The second kappa shape index (κ2) is 8.82. The summed E-state index contributed by atoms with van der Waals surface area (Å²) in [5, 5.41) is 14.1. The molecule has 3 aromatic carbocycles. The number of aliphatic imine (C=N–C) groups is 1. The van der Waals surface area contributed by atoms with Crippen LogP contribution in [0.25, 0.3) is 0 Å². The molecule has 0 saturated carbocycles. The highest BCUT2D eigenvalue weighted by atomic mass is 79.9. The third-order valence-electron chi connectivity index (χ3n) is 5.29. The zero-order valence-corrected chi connectivity index (χ0v) is 19.2. The van der Waals surface area contributed by atoms with Crippen molar-refractivity contribution in [2.75, 3.05) is 0 Å². The zero-order chi connectivity index (χ0) is 20.4. The lowest BCUT2D eigenvalue weighted by atomic mass is 9.93. The van der Waals surface area contributed by atoms with Crippen LogP contribution in [0.3, 0.4) is 0 Å². The van der Waals surface area contributed by atoms with Gasteiger partial charge in [0.05, 0.1) is 0 Å². The van der Waals surface area contributed by atoms with Crippen molar-refractivity contribution in [1.82, 2.24) is 5.32 Å². The SMILES string of the molecule is CCc1ccc(C2=N[C@@H](c3ccc(Br)cc3)N[C@H](c3cc(Br)ccc3O)C2)cc1. The van der Waals surface area contributed by atoms with Gasteiger partial charge in [-0.1, -0.05) is 75.2 Å². The standard InChI is InChI=1S/C24H22Br2N2O/c1-2-15-3-5-16(6-4-15)21-14-22(20-13-19(26)11-12-23(20)29)28-24(27-21)17-7-9-18(25)10-8-17/h3-13,22,24,28-29H,2,14H2,1H3/t22-,24+/m0/s1. The number of nitrogens with zero attached hydrogens (tertiary/aromatic N) is 1. The van der Waals surface area contributed by atoms with Crippen LogP contribution >= 0.6 is 31.9 Å². The minimum Gasteiger partial charge on any atom is -0.508 e. The largest absolute Gasteiger partial charge is 0.508 e. The summed E-state index contributed by atoms with van der Waals surface area (Å²) in [5.41, 5.74) is 5.46. The molecule has 4 rings (SSSR count). The van der Waals surface area contributed by atoms with Gasteiger partial charge in [-0.2, -0.15) is 0 Å². The van der Waals surface area contributed by atoms with Crippen molar-refractivity contribution >= 4 is 37.6 Å². The molecule has 0 amide bonds. The third-order valence-corrected chi connectivity index (χ3v) is 6.31.